The minimum Gasteiger partial charge on any atom is -0.504 e. The van der Waals surface area contributed by atoms with Gasteiger partial charge in [0.15, 0.2) is 18.1 Å². The number of nitrogens with one attached hydrogen (secondary N) is 1. The highest BCUT2D eigenvalue weighted by molar-refractivity contribution is 5.97. The summed E-state index contributed by atoms with van der Waals surface area (Å²) in [5.41, 5.74) is -1.23. The van der Waals surface area contributed by atoms with E-state index in [4.69, 9.17) is 9.47 Å². The molecular weight excluding hydrogens is 355 g/mol. The highest BCUT2D eigenvalue weighted by atomic mass is 19.4. The van der Waals surface area contributed by atoms with Gasteiger partial charge in [0.2, 0.25) is 0 Å². The number of phenols is 1. The van der Waals surface area contributed by atoms with Crippen LogP contribution in [0.2, 0.25) is 0 Å². The lowest BCUT2D eigenvalue weighted by molar-refractivity contribution is -0.137. The van der Waals surface area contributed by atoms with Gasteiger partial charge >= 0.3 is 12.1 Å². The third kappa shape index (κ3) is 4.65. The minimum absolute atomic E-state index is 0.0490. The molecule has 0 fully saturated rings. The summed E-state index contributed by atoms with van der Waals surface area (Å²) in [5, 5.41) is 12.0. The molecule has 0 aliphatic rings. The Morgan fingerprint density at radius 2 is 1.85 bits per heavy atom. The molecule has 0 saturated heterocycles. The third-order valence-electron chi connectivity index (χ3n) is 3.25. The van der Waals surface area contributed by atoms with Crippen LogP contribution in [0.25, 0.3) is 0 Å². The lowest BCUT2D eigenvalue weighted by atomic mass is 10.2. The van der Waals surface area contributed by atoms with Gasteiger partial charge in [0.05, 0.1) is 12.7 Å². The number of esters is 1. The number of hydrogen-bond donors (Lipinski definition) is 2. The van der Waals surface area contributed by atoms with Gasteiger partial charge in [-0.25, -0.2) is 4.79 Å². The number of benzene rings is 2. The van der Waals surface area contributed by atoms with Crippen molar-refractivity contribution in [2.24, 2.45) is 0 Å². The fraction of sp³-hybridized carbons (Fsp3) is 0.176. The molecule has 9 heteroatoms. The first-order chi connectivity index (χ1) is 12.2. The first kappa shape index (κ1) is 19.1. The van der Waals surface area contributed by atoms with E-state index in [1.807, 2.05) is 0 Å². The summed E-state index contributed by atoms with van der Waals surface area (Å²) in [6, 6.07) is 8.16. The number of anilines is 1. The zero-order valence-corrected chi connectivity index (χ0v) is 13.5. The average Bonchev–Trinajstić information content (AvgIpc) is 2.59. The summed E-state index contributed by atoms with van der Waals surface area (Å²) in [7, 11) is 1.30. The van der Waals surface area contributed by atoms with E-state index in [0.717, 1.165) is 18.2 Å². The van der Waals surface area contributed by atoms with Crippen LogP contribution in [0.1, 0.15) is 15.9 Å². The Balaban J connectivity index is 1.98. The van der Waals surface area contributed by atoms with Crippen molar-refractivity contribution in [3.8, 4) is 11.5 Å². The van der Waals surface area contributed by atoms with Crippen LogP contribution in [0, 0.1) is 0 Å². The second-order valence-electron chi connectivity index (χ2n) is 5.06. The van der Waals surface area contributed by atoms with Crippen molar-refractivity contribution in [3.05, 3.63) is 53.6 Å². The molecular formula is C17H14F3NO5. The van der Waals surface area contributed by atoms with E-state index in [-0.39, 0.29) is 17.0 Å². The first-order valence-corrected chi connectivity index (χ1v) is 7.22. The number of rotatable bonds is 5. The number of methoxy groups -OCH3 is 1. The van der Waals surface area contributed by atoms with Gasteiger partial charge in [0.1, 0.15) is 5.56 Å². The number of ether oxygens (including phenoxy) is 2. The maximum absolute atomic E-state index is 12.6. The van der Waals surface area contributed by atoms with E-state index in [2.05, 4.69) is 5.32 Å². The molecule has 0 aliphatic carbocycles. The number of phenolic OH excluding ortho intramolecular Hbond substituents is 1. The van der Waals surface area contributed by atoms with Gasteiger partial charge in [0, 0.05) is 5.69 Å². The molecule has 2 aromatic rings. The normalized spacial score (nSPS) is 10.9. The van der Waals surface area contributed by atoms with Crippen molar-refractivity contribution in [1.29, 1.82) is 0 Å². The highest BCUT2D eigenvalue weighted by Crippen LogP contribution is 2.31. The van der Waals surface area contributed by atoms with Crippen molar-refractivity contribution < 1.29 is 37.3 Å². The molecule has 0 aromatic heterocycles. The molecule has 0 bridgehead atoms. The Morgan fingerprint density at radius 3 is 2.50 bits per heavy atom. The van der Waals surface area contributed by atoms with Gasteiger partial charge in [-0.1, -0.05) is 12.1 Å². The van der Waals surface area contributed by atoms with Crippen LogP contribution in [-0.4, -0.2) is 30.7 Å². The van der Waals surface area contributed by atoms with Gasteiger partial charge in [-0.2, -0.15) is 13.2 Å². The number of halogens is 3. The van der Waals surface area contributed by atoms with Crippen molar-refractivity contribution >= 4 is 17.6 Å². The Hall–Kier alpha value is -3.23. The van der Waals surface area contributed by atoms with Gasteiger partial charge < -0.3 is 19.9 Å². The van der Waals surface area contributed by atoms with E-state index >= 15 is 0 Å². The summed E-state index contributed by atoms with van der Waals surface area (Å²) in [6.45, 7) is -0.744. The molecule has 0 saturated carbocycles. The molecule has 2 rings (SSSR count). The average molecular weight is 369 g/mol. The zero-order valence-electron chi connectivity index (χ0n) is 13.5. The van der Waals surface area contributed by atoms with Crippen molar-refractivity contribution in [3.63, 3.8) is 0 Å². The smallest absolute Gasteiger partial charge is 0.416 e. The summed E-state index contributed by atoms with van der Waals surface area (Å²) in [4.78, 5) is 23.7. The summed E-state index contributed by atoms with van der Waals surface area (Å²) in [6.07, 6.45) is -4.54. The fourth-order valence-corrected chi connectivity index (χ4v) is 2.03. The molecule has 1 amide bonds. The second kappa shape index (κ2) is 7.77. The summed E-state index contributed by atoms with van der Waals surface area (Å²) < 4.78 is 47.5. The van der Waals surface area contributed by atoms with E-state index in [1.54, 1.807) is 0 Å². The lowest BCUT2D eigenvalue weighted by Gasteiger charge is -2.11. The molecule has 6 nitrogen and oxygen atoms in total. The number of alkyl halides is 3. The van der Waals surface area contributed by atoms with Crippen LogP contribution < -0.4 is 10.1 Å². The summed E-state index contributed by atoms with van der Waals surface area (Å²) >= 11 is 0. The predicted molar refractivity (Wildman–Crippen MR) is 85.0 cm³/mol. The number of carbonyl (C=O) groups excluding carboxylic acids is 2. The largest absolute Gasteiger partial charge is 0.504 e. The minimum atomic E-state index is -4.54. The number of amides is 1. The van der Waals surface area contributed by atoms with Crippen LogP contribution in [0.15, 0.2) is 42.5 Å². The van der Waals surface area contributed by atoms with Crippen molar-refractivity contribution in [1.82, 2.24) is 0 Å². The Labute approximate surface area is 146 Å². The first-order valence-electron chi connectivity index (χ1n) is 7.22. The maximum Gasteiger partial charge on any atom is 0.416 e. The molecule has 26 heavy (non-hydrogen) atoms. The van der Waals surface area contributed by atoms with E-state index in [1.165, 1.54) is 31.4 Å². The second-order valence-corrected chi connectivity index (χ2v) is 5.06. The number of para-hydroxylation sites is 1. The SMILES string of the molecule is COc1cccc(C(=O)OCC(=O)Nc2cccc(C(F)(F)F)c2)c1O. The molecule has 0 unspecified atom stereocenters. The van der Waals surface area contributed by atoms with Gasteiger partial charge in [-0.15, -0.1) is 0 Å². The number of hydrogen-bond acceptors (Lipinski definition) is 5. The van der Waals surface area contributed by atoms with Gasteiger partial charge in [0.25, 0.3) is 5.91 Å². The zero-order chi connectivity index (χ0) is 19.3. The van der Waals surface area contributed by atoms with Crippen LogP contribution in [0.3, 0.4) is 0 Å². The van der Waals surface area contributed by atoms with E-state index in [0.29, 0.717) is 0 Å². The van der Waals surface area contributed by atoms with E-state index < -0.39 is 36.0 Å². The van der Waals surface area contributed by atoms with E-state index in [9.17, 15) is 27.9 Å². The molecule has 2 aromatic carbocycles. The topological polar surface area (TPSA) is 84.9 Å². The van der Waals surface area contributed by atoms with Gasteiger partial charge in [-0.3, -0.25) is 4.79 Å². The summed E-state index contributed by atoms with van der Waals surface area (Å²) in [5.74, 6) is -2.22. The van der Waals surface area contributed by atoms with Crippen LogP contribution in [-0.2, 0) is 15.7 Å². The van der Waals surface area contributed by atoms with Crippen LogP contribution >= 0.6 is 0 Å². The maximum atomic E-state index is 12.6. The molecule has 0 heterocycles. The predicted octanol–water partition coefficient (Wildman–Crippen LogP) is 3.22. The van der Waals surface area contributed by atoms with Gasteiger partial charge in [-0.05, 0) is 30.3 Å². The number of carbonyl (C=O) groups is 2. The Morgan fingerprint density at radius 1 is 1.15 bits per heavy atom. The molecule has 0 spiro atoms. The monoisotopic (exact) mass is 369 g/mol. The molecule has 2 N–H and O–H groups in total. The lowest BCUT2D eigenvalue weighted by Crippen LogP contribution is -2.21. The third-order valence-corrected chi connectivity index (χ3v) is 3.25. The number of aromatic hydroxyl groups is 1. The Kier molecular flexibility index (Phi) is 5.71. The molecule has 138 valence electrons. The van der Waals surface area contributed by atoms with Crippen LogP contribution in [0.5, 0.6) is 11.5 Å². The Bertz CT molecular complexity index is 820. The van der Waals surface area contributed by atoms with Crippen LogP contribution in [0.4, 0.5) is 18.9 Å². The fourth-order valence-electron chi connectivity index (χ4n) is 2.03. The molecule has 0 aliphatic heterocycles. The van der Waals surface area contributed by atoms with Crippen molar-refractivity contribution in [2.45, 2.75) is 6.18 Å². The quantitative estimate of drug-likeness (QED) is 0.791. The standard InChI is InChI=1S/C17H14F3NO5/c1-25-13-7-3-6-12(15(13)23)16(24)26-9-14(22)21-11-5-2-4-10(8-11)17(18,19)20/h2-8,23H,9H2,1H3,(H,21,22). The molecule has 0 atom stereocenters. The highest BCUT2D eigenvalue weighted by Gasteiger charge is 2.30. The molecule has 0 radical (unpaired) electrons. The van der Waals surface area contributed by atoms with Crippen molar-refractivity contribution in [2.75, 3.05) is 19.0 Å².